The summed E-state index contributed by atoms with van der Waals surface area (Å²) >= 11 is 0. The van der Waals surface area contributed by atoms with E-state index in [-0.39, 0.29) is 0 Å². The number of aryl methyl sites for hydroxylation is 1. The van der Waals surface area contributed by atoms with Crippen LogP contribution in [0.25, 0.3) is 21.5 Å². The predicted octanol–water partition coefficient (Wildman–Crippen LogP) is 6.19. The Morgan fingerprint density at radius 1 is 0.708 bits per heavy atom. The second-order valence-electron chi connectivity index (χ2n) is 6.30. The summed E-state index contributed by atoms with van der Waals surface area (Å²) in [6.45, 7) is 4.90. The third-order valence-corrected chi connectivity index (χ3v) is 4.81. The lowest BCUT2D eigenvalue weighted by molar-refractivity contribution is 0.313. The Labute approximate surface area is 142 Å². The Hall–Kier alpha value is -2.80. The average Bonchev–Trinajstić information content (AvgIpc) is 2.62. The van der Waals surface area contributed by atoms with Gasteiger partial charge < -0.3 is 4.74 Å². The number of ether oxygens (including phenoxy) is 1. The van der Waals surface area contributed by atoms with Crippen LogP contribution in [-0.4, -0.2) is 0 Å². The van der Waals surface area contributed by atoms with E-state index >= 15 is 0 Å². The van der Waals surface area contributed by atoms with E-state index in [9.17, 15) is 0 Å². The Balaban J connectivity index is 1.83. The summed E-state index contributed by atoms with van der Waals surface area (Å²) in [6.07, 6.45) is 0. The molecule has 0 bridgehead atoms. The van der Waals surface area contributed by atoms with Crippen LogP contribution in [0.4, 0.5) is 0 Å². The first kappa shape index (κ1) is 14.8. The number of hydrogen-bond donors (Lipinski definition) is 0. The highest BCUT2D eigenvalue weighted by Gasteiger charge is 2.09. The van der Waals surface area contributed by atoms with E-state index in [1.807, 2.05) is 0 Å². The van der Waals surface area contributed by atoms with Crippen LogP contribution in [0.5, 0.6) is 5.75 Å². The molecule has 4 rings (SSSR count). The Morgan fingerprint density at radius 3 is 2.00 bits per heavy atom. The van der Waals surface area contributed by atoms with Crippen LogP contribution in [-0.2, 0) is 6.61 Å². The van der Waals surface area contributed by atoms with Gasteiger partial charge in [0.05, 0.1) is 0 Å². The first-order chi connectivity index (χ1) is 11.7. The van der Waals surface area contributed by atoms with Gasteiger partial charge in [-0.3, -0.25) is 0 Å². The molecule has 24 heavy (non-hydrogen) atoms. The molecule has 0 atom stereocenters. The number of benzene rings is 4. The molecule has 1 heteroatoms. The fraction of sp³-hybridized carbons (Fsp3) is 0.130. The molecular formula is C23H20O. The molecule has 4 aromatic carbocycles. The molecule has 0 N–H and O–H groups in total. The van der Waals surface area contributed by atoms with E-state index in [0.717, 1.165) is 5.75 Å². The van der Waals surface area contributed by atoms with Crippen molar-refractivity contribution in [2.75, 3.05) is 0 Å². The standard InChI is InChI=1S/C23H20O/c1-16-8-7-11-20(17(16)2)15-24-23-21-12-5-3-9-18(21)14-19-10-4-6-13-22(19)23/h3-14H,15H2,1-2H3. The minimum Gasteiger partial charge on any atom is -0.488 e. The first-order valence-corrected chi connectivity index (χ1v) is 8.32. The zero-order valence-electron chi connectivity index (χ0n) is 14.0. The van der Waals surface area contributed by atoms with E-state index in [1.165, 1.54) is 38.2 Å². The van der Waals surface area contributed by atoms with Crippen LogP contribution >= 0.6 is 0 Å². The van der Waals surface area contributed by atoms with E-state index in [4.69, 9.17) is 4.74 Å². The third-order valence-electron chi connectivity index (χ3n) is 4.81. The van der Waals surface area contributed by atoms with E-state index in [2.05, 4.69) is 86.6 Å². The molecule has 118 valence electrons. The molecule has 0 saturated heterocycles. The SMILES string of the molecule is Cc1cccc(COc2c3ccccc3cc3ccccc23)c1C. The van der Waals surface area contributed by atoms with Gasteiger partial charge in [-0.05, 0) is 47.4 Å². The van der Waals surface area contributed by atoms with Gasteiger partial charge in [-0.25, -0.2) is 0 Å². The van der Waals surface area contributed by atoms with E-state index < -0.39 is 0 Å². The Bertz CT molecular complexity index is 976. The maximum atomic E-state index is 6.35. The van der Waals surface area contributed by atoms with Crippen molar-refractivity contribution >= 4 is 21.5 Å². The van der Waals surface area contributed by atoms with Crippen molar-refractivity contribution in [3.63, 3.8) is 0 Å². The lowest BCUT2D eigenvalue weighted by Gasteiger charge is -2.15. The number of hydrogen-bond acceptors (Lipinski definition) is 1. The first-order valence-electron chi connectivity index (χ1n) is 8.32. The summed E-state index contributed by atoms with van der Waals surface area (Å²) in [5, 5.41) is 4.77. The summed E-state index contributed by atoms with van der Waals surface area (Å²) in [6, 6.07) is 25.5. The highest BCUT2D eigenvalue weighted by molar-refractivity contribution is 6.05. The van der Waals surface area contributed by atoms with Gasteiger partial charge in [-0.2, -0.15) is 0 Å². The largest absolute Gasteiger partial charge is 0.488 e. The summed E-state index contributed by atoms with van der Waals surface area (Å²) in [7, 11) is 0. The zero-order valence-corrected chi connectivity index (χ0v) is 14.0. The molecule has 0 aromatic heterocycles. The summed E-state index contributed by atoms with van der Waals surface area (Å²) in [5.74, 6) is 0.976. The molecule has 0 aliphatic rings. The van der Waals surface area contributed by atoms with Crippen LogP contribution in [0, 0.1) is 13.8 Å². The second-order valence-corrected chi connectivity index (χ2v) is 6.30. The maximum Gasteiger partial charge on any atom is 0.135 e. The van der Waals surface area contributed by atoms with Crippen molar-refractivity contribution in [1.29, 1.82) is 0 Å². The molecule has 0 fully saturated rings. The van der Waals surface area contributed by atoms with Gasteiger partial charge in [0.1, 0.15) is 12.4 Å². The highest BCUT2D eigenvalue weighted by atomic mass is 16.5. The third kappa shape index (κ3) is 2.52. The molecule has 0 saturated carbocycles. The van der Waals surface area contributed by atoms with Gasteiger partial charge in [-0.1, -0.05) is 66.7 Å². The van der Waals surface area contributed by atoms with Crippen molar-refractivity contribution in [2.24, 2.45) is 0 Å². The van der Waals surface area contributed by atoms with E-state index in [1.54, 1.807) is 0 Å². The fourth-order valence-corrected chi connectivity index (χ4v) is 3.25. The highest BCUT2D eigenvalue weighted by Crippen LogP contribution is 2.35. The molecule has 0 radical (unpaired) electrons. The van der Waals surface area contributed by atoms with Gasteiger partial charge in [0, 0.05) is 10.8 Å². The summed E-state index contributed by atoms with van der Waals surface area (Å²) in [5.41, 5.74) is 3.85. The summed E-state index contributed by atoms with van der Waals surface area (Å²) < 4.78 is 6.35. The van der Waals surface area contributed by atoms with Gasteiger partial charge in [0.15, 0.2) is 0 Å². The monoisotopic (exact) mass is 312 g/mol. The molecule has 4 aromatic rings. The molecule has 0 aliphatic carbocycles. The van der Waals surface area contributed by atoms with Crippen LogP contribution < -0.4 is 4.74 Å². The molecule has 0 heterocycles. The summed E-state index contributed by atoms with van der Waals surface area (Å²) in [4.78, 5) is 0. The second kappa shape index (κ2) is 6.01. The van der Waals surface area contributed by atoms with Gasteiger partial charge in [-0.15, -0.1) is 0 Å². The van der Waals surface area contributed by atoms with Crippen molar-refractivity contribution in [1.82, 2.24) is 0 Å². The quantitative estimate of drug-likeness (QED) is 0.410. The lowest BCUT2D eigenvalue weighted by Crippen LogP contribution is -2.00. The van der Waals surface area contributed by atoms with Crippen LogP contribution in [0.1, 0.15) is 16.7 Å². The van der Waals surface area contributed by atoms with Gasteiger partial charge in [0.25, 0.3) is 0 Å². The lowest BCUT2D eigenvalue weighted by atomic mass is 10.0. The molecule has 1 nitrogen and oxygen atoms in total. The molecule has 0 aliphatic heterocycles. The van der Waals surface area contributed by atoms with Crippen LogP contribution in [0.3, 0.4) is 0 Å². The fourth-order valence-electron chi connectivity index (χ4n) is 3.25. The minimum absolute atomic E-state index is 0.589. The van der Waals surface area contributed by atoms with E-state index in [0.29, 0.717) is 6.61 Å². The predicted molar refractivity (Wildman–Crippen MR) is 102 cm³/mol. The van der Waals surface area contributed by atoms with Crippen molar-refractivity contribution in [3.05, 3.63) is 89.5 Å². The average molecular weight is 312 g/mol. The van der Waals surface area contributed by atoms with Crippen molar-refractivity contribution in [3.8, 4) is 5.75 Å². The zero-order chi connectivity index (χ0) is 16.5. The Kier molecular flexibility index (Phi) is 3.70. The normalized spacial score (nSPS) is 11.1. The molecule has 0 amide bonds. The maximum absolute atomic E-state index is 6.35. The molecular weight excluding hydrogens is 292 g/mol. The van der Waals surface area contributed by atoms with Crippen molar-refractivity contribution < 1.29 is 4.74 Å². The van der Waals surface area contributed by atoms with Gasteiger partial charge in [0.2, 0.25) is 0 Å². The van der Waals surface area contributed by atoms with Gasteiger partial charge >= 0.3 is 0 Å². The molecule has 0 unspecified atom stereocenters. The van der Waals surface area contributed by atoms with Crippen LogP contribution in [0.2, 0.25) is 0 Å². The Morgan fingerprint density at radius 2 is 1.33 bits per heavy atom. The van der Waals surface area contributed by atoms with Crippen LogP contribution in [0.15, 0.2) is 72.8 Å². The topological polar surface area (TPSA) is 9.23 Å². The minimum atomic E-state index is 0.589. The smallest absolute Gasteiger partial charge is 0.135 e. The number of rotatable bonds is 3. The molecule has 0 spiro atoms. The van der Waals surface area contributed by atoms with Crippen molar-refractivity contribution in [2.45, 2.75) is 20.5 Å². The number of fused-ring (bicyclic) bond motifs is 2.